The van der Waals surface area contributed by atoms with Crippen molar-refractivity contribution >= 4 is 15.9 Å². The van der Waals surface area contributed by atoms with Gasteiger partial charge in [0.15, 0.2) is 0 Å². The Bertz CT molecular complexity index is 320. The summed E-state index contributed by atoms with van der Waals surface area (Å²) in [5, 5.41) is 9.71. The highest BCUT2D eigenvalue weighted by Gasteiger charge is 2.28. The largest absolute Gasteiger partial charge is 0.393 e. The van der Waals surface area contributed by atoms with Crippen molar-refractivity contribution in [1.82, 2.24) is 0 Å². The summed E-state index contributed by atoms with van der Waals surface area (Å²) in [6.07, 6.45) is 5.54. The zero-order chi connectivity index (χ0) is 10.7. The van der Waals surface area contributed by atoms with Crippen LogP contribution in [-0.2, 0) is 6.42 Å². The predicted octanol–water partition coefficient (Wildman–Crippen LogP) is 3.54. The number of aliphatic hydroxyl groups excluding tert-OH is 1. The molecule has 0 radical (unpaired) electrons. The van der Waals surface area contributed by atoms with Gasteiger partial charge >= 0.3 is 0 Å². The highest BCUT2D eigenvalue weighted by Crippen LogP contribution is 2.34. The Kier molecular flexibility index (Phi) is 3.81. The normalized spacial score (nSPS) is 17.7. The first-order valence-corrected chi connectivity index (χ1v) is 6.47. The Morgan fingerprint density at radius 1 is 1.40 bits per heavy atom. The van der Waals surface area contributed by atoms with Gasteiger partial charge in [0, 0.05) is 4.47 Å². The summed E-state index contributed by atoms with van der Waals surface area (Å²) in [5.41, 5.74) is 1.35. The van der Waals surface area contributed by atoms with E-state index in [0.29, 0.717) is 5.92 Å². The summed E-state index contributed by atoms with van der Waals surface area (Å²) < 4.78 is 1.14. The fourth-order valence-electron chi connectivity index (χ4n) is 1.92. The van der Waals surface area contributed by atoms with Crippen LogP contribution in [0.5, 0.6) is 0 Å². The van der Waals surface area contributed by atoms with Crippen molar-refractivity contribution in [3.63, 3.8) is 0 Å². The molecule has 0 bridgehead atoms. The zero-order valence-corrected chi connectivity index (χ0v) is 10.4. The maximum atomic E-state index is 9.71. The first kappa shape index (κ1) is 11.2. The molecule has 2 rings (SSSR count). The van der Waals surface area contributed by atoms with Crippen LogP contribution in [0, 0.1) is 5.92 Å². The standard InChI is InChI=1S/C13H17BrO/c14-12-5-1-3-10(9-12)4-2-6-13(15)11-7-8-11/h1,3,5,9,11,13,15H,2,4,6-8H2. The fraction of sp³-hybridized carbons (Fsp3) is 0.538. The quantitative estimate of drug-likeness (QED) is 0.866. The van der Waals surface area contributed by atoms with E-state index in [2.05, 4.69) is 34.1 Å². The Labute approximate surface area is 99.6 Å². The Morgan fingerprint density at radius 3 is 2.87 bits per heavy atom. The molecule has 15 heavy (non-hydrogen) atoms. The summed E-state index contributed by atoms with van der Waals surface area (Å²) in [6.45, 7) is 0. The maximum absolute atomic E-state index is 9.71. The molecule has 1 aliphatic carbocycles. The molecule has 0 aliphatic heterocycles. The van der Waals surface area contributed by atoms with Gasteiger partial charge in [-0.05, 0) is 55.7 Å². The molecule has 1 atom stereocenters. The summed E-state index contributed by atoms with van der Waals surface area (Å²) in [4.78, 5) is 0. The second kappa shape index (κ2) is 5.13. The monoisotopic (exact) mass is 268 g/mol. The van der Waals surface area contributed by atoms with E-state index in [1.807, 2.05) is 6.07 Å². The maximum Gasteiger partial charge on any atom is 0.0568 e. The van der Waals surface area contributed by atoms with Crippen molar-refractivity contribution in [2.45, 2.75) is 38.2 Å². The first-order chi connectivity index (χ1) is 7.25. The molecular weight excluding hydrogens is 252 g/mol. The van der Waals surface area contributed by atoms with Gasteiger partial charge in [-0.25, -0.2) is 0 Å². The Hall–Kier alpha value is -0.340. The van der Waals surface area contributed by atoms with Crippen LogP contribution in [-0.4, -0.2) is 11.2 Å². The lowest BCUT2D eigenvalue weighted by molar-refractivity contribution is 0.139. The minimum absolute atomic E-state index is 0.0443. The third-order valence-electron chi connectivity index (χ3n) is 3.02. The van der Waals surface area contributed by atoms with E-state index < -0.39 is 0 Å². The van der Waals surface area contributed by atoms with Gasteiger partial charge in [-0.3, -0.25) is 0 Å². The van der Waals surface area contributed by atoms with E-state index in [9.17, 15) is 5.11 Å². The molecule has 1 fully saturated rings. The van der Waals surface area contributed by atoms with Gasteiger partial charge in [-0.15, -0.1) is 0 Å². The van der Waals surface area contributed by atoms with Crippen LogP contribution in [0.15, 0.2) is 28.7 Å². The van der Waals surface area contributed by atoms with Crippen molar-refractivity contribution in [2.24, 2.45) is 5.92 Å². The Morgan fingerprint density at radius 2 is 2.20 bits per heavy atom. The molecule has 1 nitrogen and oxygen atoms in total. The molecule has 0 amide bonds. The van der Waals surface area contributed by atoms with Gasteiger partial charge in [-0.1, -0.05) is 28.1 Å². The molecule has 1 saturated carbocycles. The number of rotatable bonds is 5. The van der Waals surface area contributed by atoms with E-state index in [0.717, 1.165) is 23.7 Å². The second-order valence-corrected chi connectivity index (χ2v) is 5.34. The lowest BCUT2D eigenvalue weighted by Crippen LogP contribution is -2.08. The number of aryl methyl sites for hydroxylation is 1. The molecule has 82 valence electrons. The summed E-state index contributed by atoms with van der Waals surface area (Å²) in [7, 11) is 0. The average Bonchev–Trinajstić information content (AvgIpc) is 3.00. The smallest absolute Gasteiger partial charge is 0.0568 e. The predicted molar refractivity (Wildman–Crippen MR) is 65.8 cm³/mol. The molecule has 1 N–H and O–H groups in total. The highest BCUT2D eigenvalue weighted by molar-refractivity contribution is 9.10. The van der Waals surface area contributed by atoms with E-state index in [-0.39, 0.29) is 6.10 Å². The average molecular weight is 269 g/mol. The van der Waals surface area contributed by atoms with E-state index in [1.165, 1.54) is 18.4 Å². The van der Waals surface area contributed by atoms with Crippen LogP contribution in [0.25, 0.3) is 0 Å². The SMILES string of the molecule is OC(CCCc1cccc(Br)c1)C1CC1. The lowest BCUT2D eigenvalue weighted by Gasteiger charge is -2.08. The Balaban J connectivity index is 1.73. The third-order valence-corrected chi connectivity index (χ3v) is 3.51. The minimum atomic E-state index is -0.0443. The third kappa shape index (κ3) is 3.62. The van der Waals surface area contributed by atoms with Gasteiger partial charge in [-0.2, -0.15) is 0 Å². The number of hydrogen-bond acceptors (Lipinski definition) is 1. The summed E-state index contributed by atoms with van der Waals surface area (Å²) >= 11 is 3.47. The minimum Gasteiger partial charge on any atom is -0.393 e. The van der Waals surface area contributed by atoms with Crippen molar-refractivity contribution in [1.29, 1.82) is 0 Å². The number of benzene rings is 1. The van der Waals surface area contributed by atoms with Crippen molar-refractivity contribution in [3.05, 3.63) is 34.3 Å². The van der Waals surface area contributed by atoms with Crippen molar-refractivity contribution in [2.75, 3.05) is 0 Å². The molecule has 1 aromatic rings. The summed E-state index contributed by atoms with van der Waals surface area (Å²) in [6, 6.07) is 8.41. The molecule has 1 aliphatic rings. The lowest BCUT2D eigenvalue weighted by atomic mass is 10.0. The fourth-order valence-corrected chi connectivity index (χ4v) is 2.37. The number of aliphatic hydroxyl groups is 1. The molecule has 0 aromatic heterocycles. The van der Waals surface area contributed by atoms with Gasteiger partial charge in [0.05, 0.1) is 6.10 Å². The number of hydrogen-bond donors (Lipinski definition) is 1. The van der Waals surface area contributed by atoms with Crippen molar-refractivity contribution in [3.8, 4) is 0 Å². The zero-order valence-electron chi connectivity index (χ0n) is 8.82. The molecule has 0 spiro atoms. The highest BCUT2D eigenvalue weighted by atomic mass is 79.9. The summed E-state index contributed by atoms with van der Waals surface area (Å²) in [5.74, 6) is 0.618. The van der Waals surface area contributed by atoms with Crippen molar-refractivity contribution < 1.29 is 5.11 Å². The van der Waals surface area contributed by atoms with Gasteiger partial charge in [0.1, 0.15) is 0 Å². The molecule has 1 aromatic carbocycles. The topological polar surface area (TPSA) is 20.2 Å². The van der Waals surface area contributed by atoms with E-state index in [4.69, 9.17) is 0 Å². The molecule has 0 heterocycles. The van der Waals surface area contributed by atoms with Crippen LogP contribution in [0.3, 0.4) is 0 Å². The molecule has 2 heteroatoms. The number of halogens is 1. The van der Waals surface area contributed by atoms with Crippen LogP contribution < -0.4 is 0 Å². The van der Waals surface area contributed by atoms with Gasteiger partial charge in [0.25, 0.3) is 0 Å². The molecular formula is C13H17BrO. The van der Waals surface area contributed by atoms with Crippen LogP contribution in [0.2, 0.25) is 0 Å². The van der Waals surface area contributed by atoms with Crippen LogP contribution in [0.1, 0.15) is 31.2 Å². The molecule has 1 unspecified atom stereocenters. The van der Waals surface area contributed by atoms with E-state index >= 15 is 0 Å². The first-order valence-electron chi connectivity index (χ1n) is 5.68. The van der Waals surface area contributed by atoms with Gasteiger partial charge < -0.3 is 5.11 Å². The van der Waals surface area contributed by atoms with E-state index in [1.54, 1.807) is 0 Å². The van der Waals surface area contributed by atoms with Crippen LogP contribution >= 0.6 is 15.9 Å². The van der Waals surface area contributed by atoms with Crippen LogP contribution in [0.4, 0.5) is 0 Å². The molecule has 0 saturated heterocycles. The van der Waals surface area contributed by atoms with Gasteiger partial charge in [0.2, 0.25) is 0 Å². The second-order valence-electron chi connectivity index (χ2n) is 4.43.